The van der Waals surface area contributed by atoms with E-state index in [9.17, 15) is 14.7 Å². The molecule has 1 atom stereocenters. The molecule has 0 saturated carbocycles. The molecule has 0 saturated heterocycles. The van der Waals surface area contributed by atoms with Crippen LogP contribution in [0.15, 0.2) is 0 Å². The van der Waals surface area contributed by atoms with E-state index < -0.39 is 12.0 Å². The van der Waals surface area contributed by atoms with Crippen LogP contribution >= 0.6 is 0 Å². The van der Waals surface area contributed by atoms with Crippen LogP contribution in [0, 0.1) is 0 Å². The summed E-state index contributed by atoms with van der Waals surface area (Å²) in [5, 5.41) is 10.6. The molecule has 0 fully saturated rings. The summed E-state index contributed by atoms with van der Waals surface area (Å²) in [5.74, 6) is -1.32. The maximum Gasteiger partial charge on any atom is 1.00 e. The van der Waals surface area contributed by atoms with E-state index in [2.05, 4.69) is 6.92 Å². The van der Waals surface area contributed by atoms with Gasteiger partial charge in [0.05, 0.1) is 12.0 Å². The van der Waals surface area contributed by atoms with E-state index in [1.54, 1.807) is 0 Å². The first kappa shape index (κ1) is 19.9. The molecule has 5 heteroatoms. The summed E-state index contributed by atoms with van der Waals surface area (Å²) in [5.41, 5.74) is 0. The predicted molar refractivity (Wildman–Crippen MR) is 60.6 cm³/mol. The van der Waals surface area contributed by atoms with Gasteiger partial charge in [-0.2, -0.15) is 0 Å². The number of amides is 1. The zero-order valence-electron chi connectivity index (χ0n) is 11.5. The number of carboxylic acid groups (broad SMARTS) is 1. The normalized spacial score (nSPS) is 11.5. The number of likely N-dealkylation sites (N-methyl/N-ethyl adjacent to an activating group) is 1. The van der Waals surface area contributed by atoms with Crippen molar-refractivity contribution in [1.29, 1.82) is 0 Å². The molecule has 94 valence electrons. The van der Waals surface area contributed by atoms with Gasteiger partial charge in [0.25, 0.3) is 0 Å². The maximum atomic E-state index is 11.6. The Balaban J connectivity index is 0. The van der Waals surface area contributed by atoms with Crippen LogP contribution in [0.2, 0.25) is 0 Å². The molecular formula is C12H22KNO3. The predicted octanol–water partition coefficient (Wildman–Crippen LogP) is -2.05. The van der Waals surface area contributed by atoms with Crippen molar-refractivity contribution in [3.05, 3.63) is 0 Å². The molecule has 1 amide bonds. The molecule has 0 aromatic rings. The molecule has 17 heavy (non-hydrogen) atoms. The second kappa shape index (κ2) is 11.7. The number of carbonyl (C=O) groups excluding carboxylic acids is 2. The fourth-order valence-electron chi connectivity index (χ4n) is 1.43. The van der Waals surface area contributed by atoms with Gasteiger partial charge in [-0.15, -0.1) is 0 Å². The molecule has 0 aromatic carbocycles. The van der Waals surface area contributed by atoms with E-state index in [-0.39, 0.29) is 57.3 Å². The summed E-state index contributed by atoms with van der Waals surface area (Å²) >= 11 is 0. The quantitative estimate of drug-likeness (QED) is 0.376. The van der Waals surface area contributed by atoms with E-state index in [1.807, 2.05) is 0 Å². The van der Waals surface area contributed by atoms with Gasteiger partial charge in [0, 0.05) is 13.5 Å². The maximum absolute atomic E-state index is 11.6. The molecule has 0 heterocycles. The molecule has 0 aliphatic heterocycles. The fourth-order valence-corrected chi connectivity index (χ4v) is 1.43. The minimum atomic E-state index is -1.21. The average molecular weight is 267 g/mol. The monoisotopic (exact) mass is 267 g/mol. The van der Waals surface area contributed by atoms with Gasteiger partial charge < -0.3 is 14.8 Å². The Morgan fingerprint density at radius 1 is 1.18 bits per heavy atom. The van der Waals surface area contributed by atoms with Crippen LogP contribution in [0.3, 0.4) is 0 Å². The minimum Gasteiger partial charge on any atom is -0.548 e. The van der Waals surface area contributed by atoms with Crippen molar-refractivity contribution in [3.8, 4) is 0 Å². The van der Waals surface area contributed by atoms with Crippen LogP contribution in [0.4, 0.5) is 0 Å². The SMILES string of the molecule is CCCCCCCC(=O)N(C)C(C)C(=O)[O-].[K+]. The summed E-state index contributed by atoms with van der Waals surface area (Å²) in [6.45, 7) is 3.60. The zero-order valence-corrected chi connectivity index (χ0v) is 14.6. The molecule has 0 aliphatic carbocycles. The molecule has 0 aliphatic rings. The van der Waals surface area contributed by atoms with Crippen molar-refractivity contribution < 1.29 is 66.1 Å². The van der Waals surface area contributed by atoms with Crippen LogP contribution in [0.1, 0.15) is 52.4 Å². The van der Waals surface area contributed by atoms with E-state index >= 15 is 0 Å². The number of nitrogens with zero attached hydrogens (tertiary/aromatic N) is 1. The van der Waals surface area contributed by atoms with Gasteiger partial charge in [-0.1, -0.05) is 32.6 Å². The standard InChI is InChI=1S/C12H23NO3.K/c1-4-5-6-7-8-9-11(14)13(3)10(2)12(15)16;/h10H,4-9H2,1-3H3,(H,15,16);/q;+1/p-1. The van der Waals surface area contributed by atoms with E-state index in [0.29, 0.717) is 6.42 Å². The Labute approximate surface area is 147 Å². The van der Waals surface area contributed by atoms with Gasteiger partial charge in [0.15, 0.2) is 0 Å². The van der Waals surface area contributed by atoms with Gasteiger partial charge in [-0.05, 0) is 13.3 Å². The zero-order chi connectivity index (χ0) is 12.6. The minimum absolute atomic E-state index is 0. The smallest absolute Gasteiger partial charge is 0.548 e. The molecule has 0 N–H and O–H groups in total. The van der Waals surface area contributed by atoms with Gasteiger partial charge in [-0.25, -0.2) is 0 Å². The number of carboxylic acids is 1. The van der Waals surface area contributed by atoms with Crippen LogP contribution in [0.5, 0.6) is 0 Å². The molecular weight excluding hydrogens is 245 g/mol. The third kappa shape index (κ3) is 9.19. The van der Waals surface area contributed by atoms with Crippen molar-refractivity contribution in [3.63, 3.8) is 0 Å². The summed E-state index contributed by atoms with van der Waals surface area (Å²) in [6.07, 6.45) is 5.81. The van der Waals surface area contributed by atoms with E-state index in [0.717, 1.165) is 19.3 Å². The Morgan fingerprint density at radius 2 is 1.71 bits per heavy atom. The molecule has 0 bridgehead atoms. The number of hydrogen-bond acceptors (Lipinski definition) is 3. The van der Waals surface area contributed by atoms with Crippen molar-refractivity contribution >= 4 is 11.9 Å². The molecule has 0 rings (SSSR count). The van der Waals surface area contributed by atoms with Gasteiger partial charge >= 0.3 is 51.4 Å². The molecule has 0 aromatic heterocycles. The van der Waals surface area contributed by atoms with Gasteiger partial charge in [-0.3, -0.25) is 4.79 Å². The van der Waals surface area contributed by atoms with E-state index in [1.165, 1.54) is 31.7 Å². The largest absolute Gasteiger partial charge is 1.00 e. The number of rotatable bonds is 8. The first-order valence-corrected chi connectivity index (χ1v) is 5.97. The van der Waals surface area contributed by atoms with Crippen molar-refractivity contribution in [1.82, 2.24) is 4.90 Å². The summed E-state index contributed by atoms with van der Waals surface area (Å²) in [6, 6.07) is -0.844. The molecule has 0 radical (unpaired) electrons. The van der Waals surface area contributed by atoms with Crippen LogP contribution in [0.25, 0.3) is 0 Å². The van der Waals surface area contributed by atoms with Gasteiger partial charge in [0.1, 0.15) is 0 Å². The molecule has 1 unspecified atom stereocenters. The first-order valence-electron chi connectivity index (χ1n) is 5.97. The Morgan fingerprint density at radius 3 is 2.18 bits per heavy atom. The molecule has 0 spiro atoms. The number of unbranched alkanes of at least 4 members (excludes halogenated alkanes) is 4. The molecule has 4 nitrogen and oxygen atoms in total. The average Bonchev–Trinajstić information content (AvgIpc) is 2.26. The third-order valence-electron chi connectivity index (χ3n) is 2.81. The number of aliphatic carboxylic acids is 1. The van der Waals surface area contributed by atoms with E-state index in [4.69, 9.17) is 0 Å². The Hall–Kier alpha value is 0.576. The topological polar surface area (TPSA) is 60.4 Å². The third-order valence-corrected chi connectivity index (χ3v) is 2.81. The van der Waals surface area contributed by atoms with Crippen molar-refractivity contribution in [2.45, 2.75) is 58.4 Å². The Bertz CT molecular complexity index is 234. The fraction of sp³-hybridized carbons (Fsp3) is 0.833. The summed E-state index contributed by atoms with van der Waals surface area (Å²) in [7, 11) is 1.51. The van der Waals surface area contributed by atoms with Crippen LogP contribution in [-0.4, -0.2) is 29.9 Å². The Kier molecular flexibility index (Phi) is 13.6. The van der Waals surface area contributed by atoms with Crippen LogP contribution in [-0.2, 0) is 9.59 Å². The number of hydrogen-bond donors (Lipinski definition) is 0. The van der Waals surface area contributed by atoms with Crippen molar-refractivity contribution in [2.75, 3.05) is 7.05 Å². The summed E-state index contributed by atoms with van der Waals surface area (Å²) < 4.78 is 0. The second-order valence-electron chi connectivity index (χ2n) is 4.16. The first-order chi connectivity index (χ1) is 7.50. The number of carbonyl (C=O) groups is 2. The van der Waals surface area contributed by atoms with Gasteiger partial charge in [0.2, 0.25) is 5.91 Å². The second-order valence-corrected chi connectivity index (χ2v) is 4.16. The summed E-state index contributed by atoms with van der Waals surface area (Å²) in [4.78, 5) is 23.4. The van der Waals surface area contributed by atoms with Crippen molar-refractivity contribution in [2.24, 2.45) is 0 Å². The van der Waals surface area contributed by atoms with Crippen LogP contribution < -0.4 is 56.5 Å².